The number of carbonyl (C=O) groups excluding carboxylic acids is 1. The van der Waals surface area contributed by atoms with Gasteiger partial charge in [-0.3, -0.25) is 23.8 Å². The molecular weight excluding hydrogens is 558 g/mol. The number of aryl methyl sites for hydroxylation is 1. The van der Waals surface area contributed by atoms with E-state index in [1.807, 2.05) is 31.2 Å². The average Bonchev–Trinajstić information content (AvgIpc) is 3.72. The van der Waals surface area contributed by atoms with Crippen molar-refractivity contribution in [1.29, 1.82) is 0 Å². The van der Waals surface area contributed by atoms with Crippen LogP contribution in [-0.4, -0.2) is 68.4 Å². The van der Waals surface area contributed by atoms with Crippen LogP contribution in [0.4, 0.5) is 5.82 Å². The van der Waals surface area contributed by atoms with E-state index in [-0.39, 0.29) is 24.3 Å². The Labute approximate surface area is 247 Å². The monoisotopic (exact) mass is 589 g/mol. The highest BCUT2D eigenvalue weighted by atomic mass is 32.2. The van der Waals surface area contributed by atoms with Crippen LogP contribution < -0.4 is 19.9 Å². The third kappa shape index (κ3) is 5.00. The summed E-state index contributed by atoms with van der Waals surface area (Å²) in [5.74, 6) is 2.10. The Hall–Kier alpha value is -3.41. The maximum Gasteiger partial charge on any atom is 0.267 e. The van der Waals surface area contributed by atoms with Gasteiger partial charge in [-0.1, -0.05) is 49.0 Å². The van der Waals surface area contributed by atoms with Gasteiger partial charge in [0, 0.05) is 45.0 Å². The predicted octanol–water partition coefficient (Wildman–Crippen LogP) is 4.20. The third-order valence-electron chi connectivity index (χ3n) is 8.29. The molecule has 3 aromatic rings. The predicted molar refractivity (Wildman–Crippen MR) is 164 cm³/mol. The first kappa shape index (κ1) is 26.5. The van der Waals surface area contributed by atoms with Gasteiger partial charge in [-0.25, -0.2) is 4.98 Å². The van der Waals surface area contributed by atoms with Gasteiger partial charge in [0.2, 0.25) is 6.79 Å². The maximum atomic E-state index is 13.9. The molecule has 212 valence electrons. The summed E-state index contributed by atoms with van der Waals surface area (Å²) in [5.41, 5.74) is 2.98. The second kappa shape index (κ2) is 10.8. The van der Waals surface area contributed by atoms with Crippen LogP contribution in [0.25, 0.3) is 11.7 Å². The summed E-state index contributed by atoms with van der Waals surface area (Å²) in [6.07, 6.45) is 7.70. The third-order valence-corrected chi connectivity index (χ3v) is 9.62. The lowest BCUT2D eigenvalue weighted by molar-refractivity contribution is -0.123. The molecule has 2 saturated heterocycles. The number of hydrogen-bond acceptors (Lipinski definition) is 9. The lowest BCUT2D eigenvalue weighted by atomic mass is 10.1. The van der Waals surface area contributed by atoms with Crippen LogP contribution in [0.5, 0.6) is 11.5 Å². The Kier molecular flexibility index (Phi) is 6.96. The first-order chi connectivity index (χ1) is 19.9. The smallest absolute Gasteiger partial charge is 0.267 e. The largest absolute Gasteiger partial charge is 0.454 e. The van der Waals surface area contributed by atoms with Crippen molar-refractivity contribution in [1.82, 2.24) is 19.2 Å². The molecule has 0 bridgehead atoms. The number of pyridine rings is 1. The molecule has 1 saturated carbocycles. The number of thioether (sulfide) groups is 1. The van der Waals surface area contributed by atoms with Crippen molar-refractivity contribution in [2.45, 2.75) is 45.2 Å². The molecule has 1 aliphatic carbocycles. The van der Waals surface area contributed by atoms with Gasteiger partial charge in [0.15, 0.2) is 11.5 Å². The summed E-state index contributed by atoms with van der Waals surface area (Å²) in [7, 11) is 0. The molecule has 11 heteroatoms. The number of ether oxygens (including phenoxy) is 2. The van der Waals surface area contributed by atoms with Crippen LogP contribution in [0.15, 0.2) is 46.2 Å². The number of hydrogen-bond donors (Lipinski definition) is 0. The summed E-state index contributed by atoms with van der Waals surface area (Å²) in [6.45, 7) is 6.06. The average molecular weight is 590 g/mol. The van der Waals surface area contributed by atoms with Crippen molar-refractivity contribution in [2.75, 3.05) is 37.9 Å². The number of anilines is 1. The summed E-state index contributed by atoms with van der Waals surface area (Å²) in [4.78, 5) is 39.2. The highest BCUT2D eigenvalue weighted by Gasteiger charge is 2.38. The van der Waals surface area contributed by atoms with Crippen LogP contribution in [-0.2, 0) is 11.3 Å². The normalized spacial score (nSPS) is 20.8. The summed E-state index contributed by atoms with van der Waals surface area (Å²) in [5, 5.41) is 0. The van der Waals surface area contributed by atoms with E-state index in [1.54, 1.807) is 21.6 Å². The van der Waals surface area contributed by atoms with Crippen molar-refractivity contribution in [3.63, 3.8) is 0 Å². The number of thiocarbonyl (C=S) groups is 1. The molecular formula is C30H31N5O4S2. The van der Waals surface area contributed by atoms with E-state index in [2.05, 4.69) is 15.9 Å². The van der Waals surface area contributed by atoms with E-state index in [9.17, 15) is 9.59 Å². The minimum Gasteiger partial charge on any atom is -0.454 e. The standard InChI is InChI=1S/C30H31N5O4S2/c1-19-6-9-26-31-27(33-12-10-32(11-13-33)17-20-7-8-23-24(14-20)39-18-38-23)22(28(36)34(26)16-19)15-25-29(37)35(30(40)41-25)21-4-2-3-5-21/h6-9,14-16,21H,2-5,10-13,17-18H2,1H3/b25-15+. The Morgan fingerprint density at radius 1 is 1.05 bits per heavy atom. The Bertz CT molecular complexity index is 1640. The summed E-state index contributed by atoms with van der Waals surface area (Å²) in [6, 6.07) is 10.1. The molecule has 3 fully saturated rings. The Morgan fingerprint density at radius 3 is 2.63 bits per heavy atom. The van der Waals surface area contributed by atoms with Gasteiger partial charge in [0.25, 0.3) is 11.5 Å². The zero-order valence-electron chi connectivity index (χ0n) is 22.9. The molecule has 1 amide bonds. The zero-order valence-corrected chi connectivity index (χ0v) is 24.5. The molecule has 4 aliphatic rings. The number of benzene rings is 1. The summed E-state index contributed by atoms with van der Waals surface area (Å²) >= 11 is 6.92. The van der Waals surface area contributed by atoms with E-state index in [0.29, 0.717) is 39.3 Å². The number of rotatable bonds is 5. The van der Waals surface area contributed by atoms with Gasteiger partial charge >= 0.3 is 0 Å². The van der Waals surface area contributed by atoms with E-state index < -0.39 is 0 Å². The maximum absolute atomic E-state index is 13.9. The fraction of sp³-hybridized carbons (Fsp3) is 0.400. The number of amides is 1. The lowest BCUT2D eigenvalue weighted by Gasteiger charge is -2.36. The number of carbonyl (C=O) groups is 1. The molecule has 0 radical (unpaired) electrons. The van der Waals surface area contributed by atoms with Crippen molar-refractivity contribution < 1.29 is 14.3 Å². The van der Waals surface area contributed by atoms with Crippen molar-refractivity contribution >= 4 is 51.7 Å². The van der Waals surface area contributed by atoms with E-state index >= 15 is 0 Å². The Morgan fingerprint density at radius 2 is 1.83 bits per heavy atom. The Balaban J connectivity index is 1.17. The zero-order chi connectivity index (χ0) is 28.1. The first-order valence-corrected chi connectivity index (χ1v) is 15.3. The number of aromatic nitrogens is 2. The van der Waals surface area contributed by atoms with Gasteiger partial charge < -0.3 is 14.4 Å². The second-order valence-electron chi connectivity index (χ2n) is 11.0. The topological polar surface area (TPSA) is 79.6 Å². The van der Waals surface area contributed by atoms with Crippen LogP contribution in [0.3, 0.4) is 0 Å². The molecule has 2 aromatic heterocycles. The van der Waals surface area contributed by atoms with Gasteiger partial charge in [0.05, 0.1) is 10.5 Å². The summed E-state index contributed by atoms with van der Waals surface area (Å²) < 4.78 is 13.1. The number of nitrogens with zero attached hydrogens (tertiary/aromatic N) is 5. The van der Waals surface area contributed by atoms with Crippen LogP contribution in [0.2, 0.25) is 0 Å². The van der Waals surface area contributed by atoms with Gasteiger partial charge in [-0.2, -0.15) is 0 Å². The number of piperazine rings is 1. The molecule has 5 heterocycles. The van der Waals surface area contributed by atoms with E-state index in [1.165, 1.54) is 17.3 Å². The van der Waals surface area contributed by atoms with Crippen LogP contribution >= 0.6 is 24.0 Å². The van der Waals surface area contributed by atoms with Gasteiger partial charge in [-0.15, -0.1) is 0 Å². The molecule has 41 heavy (non-hydrogen) atoms. The fourth-order valence-corrected chi connectivity index (χ4v) is 7.50. The molecule has 0 atom stereocenters. The van der Waals surface area contributed by atoms with Crippen molar-refractivity contribution in [3.05, 3.63) is 68.5 Å². The van der Waals surface area contributed by atoms with E-state index in [0.717, 1.165) is 62.4 Å². The molecule has 0 spiro atoms. The van der Waals surface area contributed by atoms with Crippen LogP contribution in [0.1, 0.15) is 42.4 Å². The van der Waals surface area contributed by atoms with Crippen LogP contribution in [0, 0.1) is 6.92 Å². The number of fused-ring (bicyclic) bond motifs is 2. The first-order valence-electron chi connectivity index (χ1n) is 14.1. The van der Waals surface area contributed by atoms with Gasteiger partial charge in [-0.05, 0) is 55.2 Å². The molecule has 3 aliphatic heterocycles. The molecule has 1 aromatic carbocycles. The van der Waals surface area contributed by atoms with Crippen molar-refractivity contribution in [3.8, 4) is 11.5 Å². The second-order valence-corrected chi connectivity index (χ2v) is 12.7. The van der Waals surface area contributed by atoms with E-state index in [4.69, 9.17) is 26.7 Å². The SMILES string of the molecule is Cc1ccc2nc(N3CCN(Cc4ccc5c(c4)OCO5)CC3)c(/C=C3/SC(=S)N(C4CCCC4)C3=O)c(=O)n2c1. The molecule has 7 rings (SSSR count). The van der Waals surface area contributed by atoms with Crippen molar-refractivity contribution in [2.24, 2.45) is 0 Å². The minimum absolute atomic E-state index is 0.0971. The van der Waals surface area contributed by atoms with Gasteiger partial charge in [0.1, 0.15) is 15.8 Å². The lowest BCUT2D eigenvalue weighted by Crippen LogP contribution is -2.47. The quantitative estimate of drug-likeness (QED) is 0.321. The molecule has 0 unspecified atom stereocenters. The highest BCUT2D eigenvalue weighted by Crippen LogP contribution is 2.38. The molecule has 9 nitrogen and oxygen atoms in total. The minimum atomic E-state index is -0.178. The fourth-order valence-electron chi connectivity index (χ4n) is 6.12. The highest BCUT2D eigenvalue weighted by molar-refractivity contribution is 8.26. The molecule has 0 N–H and O–H groups in total.